The number of thiophene rings is 1. The first-order valence-corrected chi connectivity index (χ1v) is 10.6. The normalized spacial score (nSPS) is 14.0. The highest BCUT2D eigenvalue weighted by Gasteiger charge is 2.43. The van der Waals surface area contributed by atoms with Gasteiger partial charge in [0.1, 0.15) is 17.3 Å². The van der Waals surface area contributed by atoms with Gasteiger partial charge in [0.15, 0.2) is 0 Å². The summed E-state index contributed by atoms with van der Waals surface area (Å²) in [5.74, 6) is -2.88. The maximum absolute atomic E-state index is 14.5. The van der Waals surface area contributed by atoms with E-state index in [-0.39, 0.29) is 17.0 Å². The third-order valence-corrected chi connectivity index (χ3v) is 5.98. The summed E-state index contributed by atoms with van der Waals surface area (Å²) in [6, 6.07) is 10.0. The zero-order valence-electron chi connectivity index (χ0n) is 16.7. The SMILES string of the molecule is CCN(CCc1ccncc1)C1=C(c2cccs2)C(=O)N(c2cc(F)ccc2F)C1=O. The van der Waals surface area contributed by atoms with Crippen LogP contribution in [0.2, 0.25) is 0 Å². The van der Waals surface area contributed by atoms with Gasteiger partial charge in [0.2, 0.25) is 0 Å². The van der Waals surface area contributed by atoms with Crippen LogP contribution in [0.4, 0.5) is 14.5 Å². The molecular formula is C23H19F2N3O2S. The molecule has 0 fully saturated rings. The van der Waals surface area contributed by atoms with Crippen molar-refractivity contribution < 1.29 is 18.4 Å². The number of imide groups is 1. The van der Waals surface area contributed by atoms with Gasteiger partial charge in [-0.15, -0.1) is 11.3 Å². The molecule has 0 N–H and O–H groups in total. The Hall–Kier alpha value is -3.39. The smallest absolute Gasteiger partial charge is 0.282 e. The number of carbonyl (C=O) groups is 2. The maximum atomic E-state index is 14.5. The second kappa shape index (κ2) is 8.77. The number of rotatable bonds is 7. The Balaban J connectivity index is 1.75. The van der Waals surface area contributed by atoms with Crippen molar-refractivity contribution in [2.45, 2.75) is 13.3 Å². The highest BCUT2D eigenvalue weighted by molar-refractivity contribution is 7.11. The van der Waals surface area contributed by atoms with E-state index in [0.717, 1.165) is 28.7 Å². The van der Waals surface area contributed by atoms with Gasteiger partial charge in [0, 0.05) is 36.4 Å². The van der Waals surface area contributed by atoms with Crippen LogP contribution in [0.5, 0.6) is 0 Å². The molecule has 1 aliphatic rings. The van der Waals surface area contributed by atoms with Crippen LogP contribution >= 0.6 is 11.3 Å². The van der Waals surface area contributed by atoms with E-state index in [2.05, 4.69) is 4.98 Å². The number of nitrogens with zero attached hydrogens (tertiary/aromatic N) is 3. The van der Waals surface area contributed by atoms with Gasteiger partial charge in [-0.25, -0.2) is 13.7 Å². The lowest BCUT2D eigenvalue weighted by atomic mass is 10.1. The molecule has 0 bridgehead atoms. The molecule has 0 unspecified atom stereocenters. The monoisotopic (exact) mass is 439 g/mol. The summed E-state index contributed by atoms with van der Waals surface area (Å²) in [5, 5.41) is 1.80. The summed E-state index contributed by atoms with van der Waals surface area (Å²) in [6.45, 7) is 2.83. The molecule has 4 rings (SSSR count). The fraction of sp³-hybridized carbons (Fsp3) is 0.174. The van der Waals surface area contributed by atoms with Crippen LogP contribution < -0.4 is 4.90 Å². The molecule has 3 aromatic rings. The zero-order valence-corrected chi connectivity index (χ0v) is 17.5. The Morgan fingerprint density at radius 1 is 1.06 bits per heavy atom. The Bertz CT molecular complexity index is 1150. The number of likely N-dealkylation sites (N-methyl/N-ethyl adjacent to an activating group) is 1. The predicted octanol–water partition coefficient (Wildman–Crippen LogP) is 4.27. The van der Waals surface area contributed by atoms with E-state index >= 15 is 0 Å². The minimum absolute atomic E-state index is 0.202. The fourth-order valence-electron chi connectivity index (χ4n) is 3.57. The second-order valence-electron chi connectivity index (χ2n) is 6.93. The van der Waals surface area contributed by atoms with Gasteiger partial charge >= 0.3 is 0 Å². The number of carbonyl (C=O) groups excluding carboxylic acids is 2. The van der Waals surface area contributed by atoms with E-state index in [0.29, 0.717) is 24.4 Å². The number of pyridine rings is 1. The van der Waals surface area contributed by atoms with E-state index in [4.69, 9.17) is 0 Å². The summed E-state index contributed by atoms with van der Waals surface area (Å²) in [7, 11) is 0. The van der Waals surface area contributed by atoms with E-state index in [1.807, 2.05) is 24.0 Å². The lowest BCUT2D eigenvalue weighted by Crippen LogP contribution is -2.36. The molecule has 2 amide bonds. The van der Waals surface area contributed by atoms with Crippen molar-refractivity contribution in [3.8, 4) is 0 Å². The Kier molecular flexibility index (Phi) is 5.90. The lowest BCUT2D eigenvalue weighted by Gasteiger charge is -2.24. The quantitative estimate of drug-likeness (QED) is 0.516. The Morgan fingerprint density at radius 2 is 1.84 bits per heavy atom. The number of amides is 2. The van der Waals surface area contributed by atoms with Crippen molar-refractivity contribution in [3.05, 3.63) is 88.0 Å². The van der Waals surface area contributed by atoms with Gasteiger partial charge in [-0.05, 0) is 54.6 Å². The average Bonchev–Trinajstić information content (AvgIpc) is 3.38. The van der Waals surface area contributed by atoms with Crippen LogP contribution in [0.1, 0.15) is 17.4 Å². The standard InChI is InChI=1S/C23H19F2N3O2S/c1-2-27(12-9-15-7-10-26-11-8-15)21-20(19-4-3-13-31-19)22(29)28(23(21)30)18-14-16(24)5-6-17(18)25/h3-8,10-11,13-14H,2,9,12H2,1H3. The van der Waals surface area contributed by atoms with Gasteiger partial charge in [-0.2, -0.15) is 0 Å². The van der Waals surface area contributed by atoms with E-state index in [1.54, 1.807) is 29.9 Å². The summed E-state index contributed by atoms with van der Waals surface area (Å²) < 4.78 is 28.3. The van der Waals surface area contributed by atoms with Crippen molar-refractivity contribution in [2.75, 3.05) is 18.0 Å². The number of aromatic nitrogens is 1. The van der Waals surface area contributed by atoms with Crippen molar-refractivity contribution >= 4 is 34.4 Å². The van der Waals surface area contributed by atoms with Crippen molar-refractivity contribution in [1.82, 2.24) is 9.88 Å². The summed E-state index contributed by atoms with van der Waals surface area (Å²) in [6.07, 6.45) is 4.02. The van der Waals surface area contributed by atoms with E-state index < -0.39 is 23.4 Å². The number of hydrogen-bond donors (Lipinski definition) is 0. The van der Waals surface area contributed by atoms with Gasteiger partial charge in [0.25, 0.3) is 11.8 Å². The number of hydrogen-bond acceptors (Lipinski definition) is 5. The average molecular weight is 439 g/mol. The molecule has 1 aromatic carbocycles. The number of halogens is 2. The molecule has 0 saturated carbocycles. The molecule has 5 nitrogen and oxygen atoms in total. The number of anilines is 1. The van der Waals surface area contributed by atoms with Crippen molar-refractivity contribution in [3.63, 3.8) is 0 Å². The topological polar surface area (TPSA) is 53.5 Å². The molecule has 3 heterocycles. The Morgan fingerprint density at radius 3 is 2.52 bits per heavy atom. The van der Waals surface area contributed by atoms with Gasteiger partial charge in [-0.1, -0.05) is 6.07 Å². The van der Waals surface area contributed by atoms with Crippen molar-refractivity contribution in [2.24, 2.45) is 0 Å². The second-order valence-corrected chi connectivity index (χ2v) is 7.88. The molecule has 0 saturated heterocycles. The molecule has 31 heavy (non-hydrogen) atoms. The van der Waals surface area contributed by atoms with Crippen LogP contribution in [0.25, 0.3) is 5.57 Å². The van der Waals surface area contributed by atoms with Crippen molar-refractivity contribution in [1.29, 1.82) is 0 Å². The first kappa shape index (κ1) is 20.9. The largest absolute Gasteiger partial charge is 0.366 e. The van der Waals surface area contributed by atoms with E-state index in [9.17, 15) is 18.4 Å². The lowest BCUT2D eigenvalue weighted by molar-refractivity contribution is -0.120. The molecule has 0 aliphatic carbocycles. The first-order chi connectivity index (χ1) is 15.0. The third kappa shape index (κ3) is 3.98. The summed E-state index contributed by atoms with van der Waals surface area (Å²) in [5.41, 5.74) is 1.06. The Labute approximate surface area is 182 Å². The molecule has 0 spiro atoms. The minimum atomic E-state index is -0.838. The van der Waals surface area contributed by atoms with Crippen LogP contribution in [0.3, 0.4) is 0 Å². The van der Waals surface area contributed by atoms with Gasteiger partial charge in [-0.3, -0.25) is 14.6 Å². The molecule has 8 heteroatoms. The maximum Gasteiger partial charge on any atom is 0.282 e. The molecule has 0 atom stereocenters. The molecule has 1 aliphatic heterocycles. The fourth-order valence-corrected chi connectivity index (χ4v) is 4.33. The molecule has 158 valence electrons. The van der Waals surface area contributed by atoms with Crippen LogP contribution in [-0.2, 0) is 16.0 Å². The number of benzene rings is 1. The highest BCUT2D eigenvalue weighted by atomic mass is 32.1. The van der Waals surface area contributed by atoms with Gasteiger partial charge < -0.3 is 4.90 Å². The van der Waals surface area contributed by atoms with Gasteiger partial charge in [0.05, 0.1) is 11.3 Å². The summed E-state index contributed by atoms with van der Waals surface area (Å²) in [4.78, 5) is 33.9. The molecule has 0 radical (unpaired) electrons. The van der Waals surface area contributed by atoms with Crippen LogP contribution in [-0.4, -0.2) is 34.8 Å². The summed E-state index contributed by atoms with van der Waals surface area (Å²) >= 11 is 1.32. The zero-order chi connectivity index (χ0) is 22.0. The molecule has 2 aromatic heterocycles. The molecular weight excluding hydrogens is 420 g/mol. The minimum Gasteiger partial charge on any atom is -0.366 e. The van der Waals surface area contributed by atoms with E-state index in [1.165, 1.54) is 11.3 Å². The predicted molar refractivity (Wildman–Crippen MR) is 115 cm³/mol. The third-order valence-electron chi connectivity index (χ3n) is 5.09. The highest BCUT2D eigenvalue weighted by Crippen LogP contribution is 2.37. The van der Waals surface area contributed by atoms with Crippen LogP contribution in [0.15, 0.2) is 65.9 Å². The van der Waals surface area contributed by atoms with Crippen LogP contribution in [0, 0.1) is 11.6 Å². The first-order valence-electron chi connectivity index (χ1n) is 9.77.